The number of anilines is 1. The Bertz CT molecular complexity index is 830. The zero-order valence-electron chi connectivity index (χ0n) is 16.3. The molecule has 27 heavy (non-hydrogen) atoms. The highest BCUT2D eigenvalue weighted by atomic mass is 16.5. The van der Waals surface area contributed by atoms with Gasteiger partial charge in [0.05, 0.1) is 12.6 Å². The minimum atomic E-state index is -0.698. The monoisotopic (exact) mass is 372 g/mol. The highest BCUT2D eigenvalue weighted by molar-refractivity contribution is 5.97. The average Bonchev–Trinajstić information content (AvgIpc) is 2.58. The molecular weight excluding hydrogens is 348 g/mol. The van der Waals surface area contributed by atoms with Gasteiger partial charge < -0.3 is 4.74 Å². The number of ether oxygens (including phenoxy) is 1. The van der Waals surface area contributed by atoms with Crippen LogP contribution in [0.5, 0.6) is 6.01 Å². The summed E-state index contributed by atoms with van der Waals surface area (Å²) in [6.45, 7) is 8.96. The molecule has 0 spiro atoms. The second-order valence-electron chi connectivity index (χ2n) is 6.94. The topological polar surface area (TPSA) is 109 Å². The zero-order valence-corrected chi connectivity index (χ0v) is 16.3. The van der Waals surface area contributed by atoms with E-state index in [0.29, 0.717) is 11.4 Å². The van der Waals surface area contributed by atoms with Crippen LogP contribution in [0.15, 0.2) is 24.3 Å². The van der Waals surface area contributed by atoms with Crippen molar-refractivity contribution in [1.82, 2.24) is 25.4 Å². The molecule has 0 radical (unpaired) electrons. The van der Waals surface area contributed by atoms with Crippen molar-refractivity contribution in [3.63, 3.8) is 0 Å². The van der Waals surface area contributed by atoms with Gasteiger partial charge in [0.25, 0.3) is 5.91 Å². The number of amides is 3. The van der Waals surface area contributed by atoms with Gasteiger partial charge in [-0.2, -0.15) is 15.0 Å². The van der Waals surface area contributed by atoms with E-state index in [-0.39, 0.29) is 12.0 Å². The van der Waals surface area contributed by atoms with Crippen LogP contribution >= 0.6 is 0 Å². The maximum atomic E-state index is 12.8. The predicted molar refractivity (Wildman–Crippen MR) is 100 cm³/mol. The van der Waals surface area contributed by atoms with Crippen LogP contribution in [0.4, 0.5) is 10.7 Å². The van der Waals surface area contributed by atoms with E-state index in [1.165, 1.54) is 12.1 Å². The minimum Gasteiger partial charge on any atom is -0.467 e. The van der Waals surface area contributed by atoms with Gasteiger partial charge >= 0.3 is 12.0 Å². The van der Waals surface area contributed by atoms with Crippen molar-refractivity contribution >= 4 is 17.9 Å². The number of carbonyl (C=O) groups excluding carboxylic acids is 2. The molecule has 0 fully saturated rings. The molecule has 2 rings (SSSR count). The quantitative estimate of drug-likeness (QED) is 0.801. The van der Waals surface area contributed by atoms with E-state index in [1.807, 2.05) is 19.1 Å². The average molecular weight is 372 g/mol. The number of urea groups is 1. The van der Waals surface area contributed by atoms with E-state index in [1.54, 1.807) is 39.8 Å². The van der Waals surface area contributed by atoms with Crippen LogP contribution in [-0.2, 0) is 0 Å². The number of rotatable bonds is 3. The SMILES string of the molecule is COc1nc(C)nc(NC(=O)N(NC(=O)c2ccc(C)cc2)C(C)(C)C)n1. The van der Waals surface area contributed by atoms with Gasteiger partial charge in [0.15, 0.2) is 0 Å². The number of carbonyl (C=O) groups is 2. The Morgan fingerprint density at radius 1 is 1.04 bits per heavy atom. The van der Waals surface area contributed by atoms with Crippen molar-refractivity contribution in [1.29, 1.82) is 0 Å². The molecule has 1 aromatic heterocycles. The number of aromatic nitrogens is 3. The summed E-state index contributed by atoms with van der Waals surface area (Å²) >= 11 is 0. The van der Waals surface area contributed by atoms with E-state index in [2.05, 4.69) is 25.7 Å². The van der Waals surface area contributed by atoms with Crippen molar-refractivity contribution in [3.8, 4) is 6.01 Å². The summed E-state index contributed by atoms with van der Waals surface area (Å²) in [5, 5.41) is 3.76. The van der Waals surface area contributed by atoms with Crippen LogP contribution in [0.25, 0.3) is 0 Å². The molecule has 0 saturated heterocycles. The van der Waals surface area contributed by atoms with Gasteiger partial charge in [-0.25, -0.2) is 9.80 Å². The van der Waals surface area contributed by atoms with E-state index >= 15 is 0 Å². The molecule has 144 valence electrons. The number of nitrogens with zero attached hydrogens (tertiary/aromatic N) is 4. The van der Waals surface area contributed by atoms with Crippen molar-refractivity contribution in [2.45, 2.75) is 40.2 Å². The third kappa shape index (κ3) is 5.37. The summed E-state index contributed by atoms with van der Waals surface area (Å²) in [4.78, 5) is 37.3. The molecule has 0 aliphatic rings. The van der Waals surface area contributed by atoms with Gasteiger partial charge in [-0.3, -0.25) is 15.5 Å². The number of methoxy groups -OCH3 is 1. The molecule has 0 aliphatic carbocycles. The summed E-state index contributed by atoms with van der Waals surface area (Å²) in [5.41, 5.74) is 3.42. The fourth-order valence-corrected chi connectivity index (χ4v) is 2.15. The summed E-state index contributed by atoms with van der Waals surface area (Å²) in [6, 6.07) is 6.55. The lowest BCUT2D eigenvalue weighted by Crippen LogP contribution is -2.57. The molecule has 2 N–H and O–H groups in total. The maximum Gasteiger partial charge on any atom is 0.343 e. The number of nitrogens with one attached hydrogen (secondary N) is 2. The van der Waals surface area contributed by atoms with Crippen LogP contribution in [-0.4, -0.2) is 44.5 Å². The Kier molecular flexibility index (Phi) is 5.94. The minimum absolute atomic E-state index is 0.0307. The molecule has 3 amide bonds. The van der Waals surface area contributed by atoms with Gasteiger partial charge in [0.2, 0.25) is 5.95 Å². The molecule has 0 atom stereocenters. The van der Waals surface area contributed by atoms with E-state index in [0.717, 1.165) is 5.56 Å². The fourth-order valence-electron chi connectivity index (χ4n) is 2.15. The molecule has 1 heterocycles. The second-order valence-corrected chi connectivity index (χ2v) is 6.94. The molecule has 0 unspecified atom stereocenters. The first-order chi connectivity index (χ1) is 12.6. The Labute approximate surface area is 158 Å². The molecule has 1 aromatic carbocycles. The first-order valence-corrected chi connectivity index (χ1v) is 8.35. The van der Waals surface area contributed by atoms with Gasteiger partial charge in [-0.15, -0.1) is 0 Å². The number of hydrogen-bond donors (Lipinski definition) is 2. The summed E-state index contributed by atoms with van der Waals surface area (Å²) < 4.78 is 4.98. The van der Waals surface area contributed by atoms with Crippen LogP contribution in [0, 0.1) is 13.8 Å². The number of benzene rings is 1. The normalized spacial score (nSPS) is 10.9. The lowest BCUT2D eigenvalue weighted by atomic mass is 10.1. The highest BCUT2D eigenvalue weighted by Gasteiger charge is 2.29. The molecule has 2 aromatic rings. The van der Waals surface area contributed by atoms with E-state index in [9.17, 15) is 9.59 Å². The van der Waals surface area contributed by atoms with Crippen LogP contribution in [0.1, 0.15) is 42.5 Å². The first kappa shape index (κ1) is 20.1. The molecule has 9 heteroatoms. The van der Waals surface area contributed by atoms with Crippen molar-refractivity contribution in [2.75, 3.05) is 12.4 Å². The third-order valence-electron chi connectivity index (χ3n) is 3.53. The molecule has 0 aliphatic heterocycles. The number of hydrazine groups is 1. The predicted octanol–water partition coefficient (Wildman–Crippen LogP) is 2.47. The zero-order chi connectivity index (χ0) is 20.2. The van der Waals surface area contributed by atoms with Crippen molar-refractivity contribution in [2.24, 2.45) is 0 Å². The smallest absolute Gasteiger partial charge is 0.343 e. The Morgan fingerprint density at radius 2 is 1.67 bits per heavy atom. The maximum absolute atomic E-state index is 12.8. The van der Waals surface area contributed by atoms with Gasteiger partial charge in [0, 0.05) is 5.56 Å². The summed E-state index contributed by atoms with van der Waals surface area (Å²) in [7, 11) is 1.42. The largest absolute Gasteiger partial charge is 0.467 e. The van der Waals surface area contributed by atoms with Crippen molar-refractivity contribution < 1.29 is 14.3 Å². The summed E-state index contributed by atoms with van der Waals surface area (Å²) in [6.07, 6.45) is 0. The molecule has 9 nitrogen and oxygen atoms in total. The van der Waals surface area contributed by atoms with Gasteiger partial charge in [-0.1, -0.05) is 17.7 Å². The third-order valence-corrected chi connectivity index (χ3v) is 3.53. The molecule has 0 saturated carbocycles. The lowest BCUT2D eigenvalue weighted by molar-refractivity contribution is 0.0686. The second kappa shape index (κ2) is 7.98. The number of hydrogen-bond acceptors (Lipinski definition) is 6. The van der Waals surface area contributed by atoms with Gasteiger partial charge in [-0.05, 0) is 46.8 Å². The Hall–Kier alpha value is -3.23. The fraction of sp³-hybridized carbons (Fsp3) is 0.389. The lowest BCUT2D eigenvalue weighted by Gasteiger charge is -2.35. The number of aryl methyl sites for hydroxylation is 2. The Morgan fingerprint density at radius 3 is 2.22 bits per heavy atom. The van der Waals surface area contributed by atoms with Crippen LogP contribution in [0.2, 0.25) is 0 Å². The van der Waals surface area contributed by atoms with Crippen LogP contribution in [0.3, 0.4) is 0 Å². The van der Waals surface area contributed by atoms with E-state index < -0.39 is 17.5 Å². The van der Waals surface area contributed by atoms with Crippen LogP contribution < -0.4 is 15.5 Å². The highest BCUT2D eigenvalue weighted by Crippen LogP contribution is 2.14. The first-order valence-electron chi connectivity index (χ1n) is 8.35. The standard InChI is InChI=1S/C18H24N6O3/c1-11-7-9-13(10-8-11)14(25)23-24(18(3,4)5)17(26)22-15-19-12(2)20-16(21-15)27-6/h7-10H,1-6H3,(H,23,25)(H,19,20,21,22,26). The Balaban J connectivity index is 2.20. The molecule has 0 bridgehead atoms. The molecular formula is C18H24N6O3. The van der Waals surface area contributed by atoms with E-state index in [4.69, 9.17) is 4.74 Å². The van der Waals surface area contributed by atoms with Gasteiger partial charge in [0.1, 0.15) is 5.82 Å². The summed E-state index contributed by atoms with van der Waals surface area (Å²) in [5.74, 6) is 0.0239. The van der Waals surface area contributed by atoms with Crippen molar-refractivity contribution in [3.05, 3.63) is 41.2 Å².